The zero-order chi connectivity index (χ0) is 11.8. The number of halogens is 3. The second kappa shape index (κ2) is 4.00. The van der Waals surface area contributed by atoms with Crippen molar-refractivity contribution in [3.8, 4) is 0 Å². The monoisotopic (exact) mass is 228 g/mol. The number of para-hydroxylation sites is 1. The standard InChI is InChI=1S/C12H13F3N/c1-9-6-7-16(8-9)11-5-3-2-4-10(11)12(13,14)15/h2-5,9H,1,6-8H2/t9-/m1/s1. The molecule has 1 atom stereocenters. The molecular weight excluding hydrogens is 215 g/mol. The number of rotatable bonds is 1. The fourth-order valence-corrected chi connectivity index (χ4v) is 2.04. The Hall–Kier alpha value is -1.19. The molecule has 1 saturated heterocycles. The average molecular weight is 228 g/mol. The van der Waals surface area contributed by atoms with Crippen LogP contribution >= 0.6 is 0 Å². The van der Waals surface area contributed by atoms with Gasteiger partial charge in [0.25, 0.3) is 0 Å². The minimum atomic E-state index is -4.28. The van der Waals surface area contributed by atoms with E-state index in [9.17, 15) is 13.2 Å². The molecule has 0 aromatic heterocycles. The first-order chi connectivity index (χ1) is 7.48. The van der Waals surface area contributed by atoms with Gasteiger partial charge in [0, 0.05) is 18.8 Å². The number of anilines is 1. The molecular formula is C12H13F3N. The summed E-state index contributed by atoms with van der Waals surface area (Å²) in [5.41, 5.74) is -0.273. The van der Waals surface area contributed by atoms with E-state index < -0.39 is 11.7 Å². The zero-order valence-corrected chi connectivity index (χ0v) is 8.80. The van der Waals surface area contributed by atoms with Gasteiger partial charge in [0.2, 0.25) is 0 Å². The Bertz CT molecular complexity index is 373. The van der Waals surface area contributed by atoms with E-state index >= 15 is 0 Å². The molecule has 2 rings (SSSR count). The third-order valence-corrected chi connectivity index (χ3v) is 2.84. The third kappa shape index (κ3) is 2.15. The Labute approximate surface area is 92.9 Å². The summed E-state index contributed by atoms with van der Waals surface area (Å²) in [5.74, 6) is 0.223. The summed E-state index contributed by atoms with van der Waals surface area (Å²) in [6.45, 7) is 5.14. The highest BCUT2D eigenvalue weighted by atomic mass is 19.4. The Balaban J connectivity index is 2.34. The molecule has 1 radical (unpaired) electrons. The molecule has 0 aliphatic carbocycles. The molecule has 0 unspecified atom stereocenters. The van der Waals surface area contributed by atoms with Crippen molar-refractivity contribution in [3.05, 3.63) is 36.8 Å². The lowest BCUT2D eigenvalue weighted by Gasteiger charge is -2.22. The van der Waals surface area contributed by atoms with E-state index in [4.69, 9.17) is 0 Å². The Morgan fingerprint density at radius 2 is 1.94 bits per heavy atom. The van der Waals surface area contributed by atoms with Gasteiger partial charge in [-0.25, -0.2) is 0 Å². The fourth-order valence-electron chi connectivity index (χ4n) is 2.04. The van der Waals surface area contributed by atoms with E-state index in [0.29, 0.717) is 13.1 Å². The van der Waals surface area contributed by atoms with Crippen molar-refractivity contribution in [2.45, 2.75) is 12.6 Å². The van der Waals surface area contributed by atoms with E-state index in [-0.39, 0.29) is 11.6 Å². The predicted octanol–water partition coefficient (Wildman–Crippen LogP) is 3.37. The molecule has 1 aliphatic rings. The van der Waals surface area contributed by atoms with Crippen LogP contribution < -0.4 is 4.90 Å². The van der Waals surface area contributed by atoms with Crippen molar-refractivity contribution in [3.63, 3.8) is 0 Å². The number of hydrogen-bond acceptors (Lipinski definition) is 1. The molecule has 1 fully saturated rings. The third-order valence-electron chi connectivity index (χ3n) is 2.84. The fraction of sp³-hybridized carbons (Fsp3) is 0.417. The Morgan fingerprint density at radius 3 is 2.50 bits per heavy atom. The number of benzene rings is 1. The van der Waals surface area contributed by atoms with Gasteiger partial charge < -0.3 is 4.90 Å². The van der Waals surface area contributed by atoms with Crippen molar-refractivity contribution in [1.29, 1.82) is 0 Å². The van der Waals surface area contributed by atoms with Crippen LogP contribution in [-0.2, 0) is 6.18 Å². The van der Waals surface area contributed by atoms with Crippen molar-refractivity contribution in [1.82, 2.24) is 0 Å². The molecule has 0 bridgehead atoms. The van der Waals surface area contributed by atoms with Crippen LogP contribution in [0.2, 0.25) is 0 Å². The molecule has 1 aromatic carbocycles. The summed E-state index contributed by atoms with van der Waals surface area (Å²) in [6, 6.07) is 5.72. The smallest absolute Gasteiger partial charge is 0.371 e. The maximum atomic E-state index is 12.8. The van der Waals surface area contributed by atoms with Crippen molar-refractivity contribution < 1.29 is 13.2 Å². The van der Waals surface area contributed by atoms with Gasteiger partial charge in [0.15, 0.2) is 0 Å². The highest BCUT2D eigenvalue weighted by Gasteiger charge is 2.35. The lowest BCUT2D eigenvalue weighted by atomic mass is 10.1. The SMILES string of the molecule is [CH2][C@@H]1CCN(c2ccccc2C(F)(F)F)C1. The van der Waals surface area contributed by atoms with Gasteiger partial charge in [-0.15, -0.1) is 0 Å². The second-order valence-electron chi connectivity index (χ2n) is 4.12. The maximum absolute atomic E-state index is 12.8. The van der Waals surface area contributed by atoms with Gasteiger partial charge in [0.05, 0.1) is 5.56 Å². The van der Waals surface area contributed by atoms with E-state index in [1.54, 1.807) is 11.0 Å². The second-order valence-corrected chi connectivity index (χ2v) is 4.12. The highest BCUT2D eigenvalue weighted by molar-refractivity contribution is 5.55. The van der Waals surface area contributed by atoms with Gasteiger partial charge in [-0.3, -0.25) is 0 Å². The Kier molecular flexibility index (Phi) is 2.82. The van der Waals surface area contributed by atoms with Gasteiger partial charge >= 0.3 is 6.18 Å². The van der Waals surface area contributed by atoms with Gasteiger partial charge in [-0.2, -0.15) is 13.2 Å². The number of nitrogens with zero attached hydrogens (tertiary/aromatic N) is 1. The first-order valence-corrected chi connectivity index (χ1v) is 5.23. The van der Waals surface area contributed by atoms with E-state index in [1.807, 2.05) is 0 Å². The summed E-state index contributed by atoms with van der Waals surface area (Å²) in [5, 5.41) is 0. The van der Waals surface area contributed by atoms with Crippen molar-refractivity contribution in [2.24, 2.45) is 5.92 Å². The molecule has 4 heteroatoms. The van der Waals surface area contributed by atoms with E-state index in [0.717, 1.165) is 12.5 Å². The molecule has 87 valence electrons. The Morgan fingerprint density at radius 1 is 1.25 bits per heavy atom. The summed E-state index contributed by atoms with van der Waals surface area (Å²) in [6.07, 6.45) is -3.43. The average Bonchev–Trinajstić information content (AvgIpc) is 2.64. The quantitative estimate of drug-likeness (QED) is 0.712. The summed E-state index contributed by atoms with van der Waals surface area (Å²) in [4.78, 5) is 1.76. The maximum Gasteiger partial charge on any atom is 0.418 e. The summed E-state index contributed by atoms with van der Waals surface area (Å²) in [7, 11) is 0. The normalized spacial score (nSPS) is 21.5. The van der Waals surface area contributed by atoms with Gasteiger partial charge in [0.1, 0.15) is 0 Å². The summed E-state index contributed by atoms with van der Waals surface area (Å²) >= 11 is 0. The zero-order valence-electron chi connectivity index (χ0n) is 8.80. The van der Waals surface area contributed by atoms with Crippen molar-refractivity contribution in [2.75, 3.05) is 18.0 Å². The molecule has 1 aliphatic heterocycles. The molecule has 0 amide bonds. The van der Waals surface area contributed by atoms with Gasteiger partial charge in [-0.05, 0) is 31.4 Å². The minimum Gasteiger partial charge on any atom is -0.371 e. The van der Waals surface area contributed by atoms with Crippen LogP contribution in [-0.4, -0.2) is 13.1 Å². The van der Waals surface area contributed by atoms with Crippen LogP contribution in [0, 0.1) is 12.8 Å². The van der Waals surface area contributed by atoms with E-state index in [1.165, 1.54) is 12.1 Å². The van der Waals surface area contributed by atoms with Gasteiger partial charge in [-0.1, -0.05) is 12.1 Å². The van der Waals surface area contributed by atoms with Crippen LogP contribution in [0.3, 0.4) is 0 Å². The van der Waals surface area contributed by atoms with Crippen LogP contribution in [0.15, 0.2) is 24.3 Å². The van der Waals surface area contributed by atoms with Crippen LogP contribution in [0.4, 0.5) is 18.9 Å². The molecule has 0 N–H and O–H groups in total. The van der Waals surface area contributed by atoms with Crippen LogP contribution in [0.5, 0.6) is 0 Å². The first kappa shape index (κ1) is 11.3. The lowest BCUT2D eigenvalue weighted by Crippen LogP contribution is -2.22. The number of hydrogen-bond donors (Lipinski definition) is 0. The minimum absolute atomic E-state index is 0.223. The molecule has 0 saturated carbocycles. The molecule has 1 aromatic rings. The van der Waals surface area contributed by atoms with E-state index in [2.05, 4.69) is 6.92 Å². The topological polar surface area (TPSA) is 3.24 Å². The lowest BCUT2D eigenvalue weighted by molar-refractivity contribution is -0.137. The summed E-state index contributed by atoms with van der Waals surface area (Å²) < 4.78 is 38.3. The molecule has 16 heavy (non-hydrogen) atoms. The van der Waals surface area contributed by atoms with Crippen molar-refractivity contribution >= 4 is 5.69 Å². The largest absolute Gasteiger partial charge is 0.418 e. The van der Waals surface area contributed by atoms with Crippen LogP contribution in [0.25, 0.3) is 0 Å². The number of alkyl halides is 3. The molecule has 1 nitrogen and oxygen atoms in total. The predicted molar refractivity (Wildman–Crippen MR) is 57.1 cm³/mol. The van der Waals surface area contributed by atoms with Crippen LogP contribution in [0.1, 0.15) is 12.0 Å². The first-order valence-electron chi connectivity index (χ1n) is 5.23. The molecule has 0 spiro atoms. The molecule has 1 heterocycles. The highest BCUT2D eigenvalue weighted by Crippen LogP contribution is 2.37.